The first-order valence-corrected chi connectivity index (χ1v) is 10.4. The molecule has 0 amide bonds. The van der Waals surface area contributed by atoms with Crippen LogP contribution in [-0.2, 0) is 7.05 Å². The maximum absolute atomic E-state index is 10.9. The fourth-order valence-corrected chi connectivity index (χ4v) is 6.15. The Hall–Kier alpha value is -2.68. The van der Waals surface area contributed by atoms with Crippen molar-refractivity contribution in [3.05, 3.63) is 18.0 Å². The molecule has 9 heteroatoms. The van der Waals surface area contributed by atoms with Gasteiger partial charge < -0.3 is 15.7 Å². The molecule has 4 bridgehead atoms. The smallest absolute Gasteiger partial charge is 0.226 e. The second-order valence-corrected chi connectivity index (χ2v) is 9.33. The Balaban J connectivity index is 1.34. The lowest BCUT2D eigenvalue weighted by atomic mass is 9.52. The number of aryl methyl sites for hydroxylation is 2. The van der Waals surface area contributed by atoms with Crippen molar-refractivity contribution in [2.45, 2.75) is 50.7 Å². The van der Waals surface area contributed by atoms with E-state index in [1.54, 1.807) is 10.9 Å². The number of anilines is 3. The van der Waals surface area contributed by atoms with Gasteiger partial charge in [0.2, 0.25) is 5.95 Å². The number of hydrogen-bond donors (Lipinski definition) is 4. The average molecular weight is 394 g/mol. The summed E-state index contributed by atoms with van der Waals surface area (Å²) in [6.45, 7) is 1.96. The van der Waals surface area contributed by atoms with Crippen molar-refractivity contribution in [1.82, 2.24) is 29.9 Å². The minimum absolute atomic E-state index is 0.318. The van der Waals surface area contributed by atoms with Crippen molar-refractivity contribution >= 4 is 28.6 Å². The average Bonchev–Trinajstić information content (AvgIpc) is 3.23. The summed E-state index contributed by atoms with van der Waals surface area (Å²) in [6, 6.07) is 2.26. The monoisotopic (exact) mass is 394 g/mol. The summed E-state index contributed by atoms with van der Waals surface area (Å²) in [5.74, 6) is 3.68. The minimum atomic E-state index is -0.438. The predicted molar refractivity (Wildman–Crippen MR) is 109 cm³/mol. The molecule has 4 aliphatic rings. The van der Waals surface area contributed by atoms with Crippen LogP contribution in [-0.4, -0.2) is 46.7 Å². The first kappa shape index (κ1) is 17.2. The van der Waals surface area contributed by atoms with Crippen LogP contribution in [0.3, 0.4) is 0 Å². The van der Waals surface area contributed by atoms with E-state index in [0.717, 1.165) is 36.0 Å². The molecule has 3 heterocycles. The van der Waals surface area contributed by atoms with Crippen molar-refractivity contribution in [2.75, 3.05) is 10.6 Å². The minimum Gasteiger partial charge on any atom is -0.390 e. The Bertz CT molecular complexity index is 1070. The van der Waals surface area contributed by atoms with Gasteiger partial charge in [0.15, 0.2) is 11.5 Å². The zero-order valence-electron chi connectivity index (χ0n) is 16.7. The van der Waals surface area contributed by atoms with Gasteiger partial charge >= 0.3 is 0 Å². The van der Waals surface area contributed by atoms with E-state index in [1.807, 2.05) is 20.0 Å². The highest BCUT2D eigenvalue weighted by Crippen LogP contribution is 2.56. The Morgan fingerprint density at radius 1 is 1.21 bits per heavy atom. The molecule has 7 rings (SSSR count). The summed E-state index contributed by atoms with van der Waals surface area (Å²) in [5, 5.41) is 30.2. The molecule has 3 aromatic heterocycles. The second kappa shape index (κ2) is 5.91. The van der Waals surface area contributed by atoms with Crippen molar-refractivity contribution in [3.8, 4) is 0 Å². The maximum atomic E-state index is 10.9. The summed E-state index contributed by atoms with van der Waals surface area (Å²) in [5.41, 5.74) is 1.32. The van der Waals surface area contributed by atoms with Crippen LogP contribution in [0.1, 0.15) is 37.8 Å². The molecule has 4 saturated carbocycles. The third-order valence-corrected chi connectivity index (χ3v) is 7.08. The number of aromatic amines is 1. The van der Waals surface area contributed by atoms with E-state index < -0.39 is 5.60 Å². The SMILES string of the molecule is Cc1cc(Nc2nc(NC3C4CC5CC3CC(O)(C5)C4)nc3c2cnn3C)n[nH]1. The van der Waals surface area contributed by atoms with Crippen LogP contribution in [0, 0.1) is 24.7 Å². The zero-order chi connectivity index (χ0) is 19.8. The summed E-state index contributed by atoms with van der Waals surface area (Å²) in [4.78, 5) is 9.54. The molecule has 0 aromatic carbocycles. The molecule has 2 unspecified atom stereocenters. The normalized spacial score (nSPS) is 32.8. The number of aliphatic hydroxyl groups is 1. The van der Waals surface area contributed by atoms with E-state index in [2.05, 4.69) is 25.9 Å². The quantitative estimate of drug-likeness (QED) is 0.537. The molecule has 0 aliphatic heterocycles. The fraction of sp³-hybridized carbons (Fsp3) is 0.600. The van der Waals surface area contributed by atoms with Crippen LogP contribution < -0.4 is 10.6 Å². The van der Waals surface area contributed by atoms with Crippen molar-refractivity contribution in [1.29, 1.82) is 0 Å². The van der Waals surface area contributed by atoms with E-state index in [4.69, 9.17) is 9.97 Å². The number of rotatable bonds is 4. The maximum Gasteiger partial charge on any atom is 0.226 e. The molecule has 9 nitrogen and oxygen atoms in total. The largest absolute Gasteiger partial charge is 0.390 e. The van der Waals surface area contributed by atoms with E-state index >= 15 is 0 Å². The van der Waals surface area contributed by atoms with E-state index in [-0.39, 0.29) is 0 Å². The molecular formula is C20H26N8O. The molecule has 152 valence electrons. The fourth-order valence-electron chi connectivity index (χ4n) is 6.15. The third-order valence-electron chi connectivity index (χ3n) is 7.08. The highest BCUT2D eigenvalue weighted by atomic mass is 16.3. The Morgan fingerprint density at radius 3 is 2.69 bits per heavy atom. The van der Waals surface area contributed by atoms with Gasteiger partial charge in [0.25, 0.3) is 0 Å². The van der Waals surface area contributed by atoms with Gasteiger partial charge in [-0.15, -0.1) is 0 Å². The van der Waals surface area contributed by atoms with Gasteiger partial charge in [-0.05, 0) is 56.8 Å². The highest BCUT2D eigenvalue weighted by Gasteiger charge is 2.54. The molecule has 2 atom stereocenters. The van der Waals surface area contributed by atoms with E-state index in [0.29, 0.717) is 41.4 Å². The van der Waals surface area contributed by atoms with Crippen molar-refractivity contribution in [2.24, 2.45) is 24.8 Å². The van der Waals surface area contributed by atoms with Gasteiger partial charge in [-0.2, -0.15) is 20.2 Å². The lowest BCUT2D eigenvalue weighted by molar-refractivity contribution is -0.129. The van der Waals surface area contributed by atoms with Crippen LogP contribution in [0.2, 0.25) is 0 Å². The molecule has 4 N–H and O–H groups in total. The van der Waals surface area contributed by atoms with E-state index in [1.165, 1.54) is 12.8 Å². The first-order chi connectivity index (χ1) is 14.0. The van der Waals surface area contributed by atoms with Crippen LogP contribution in [0.15, 0.2) is 12.3 Å². The Kier molecular flexibility index (Phi) is 3.51. The topological polar surface area (TPSA) is 117 Å². The van der Waals surface area contributed by atoms with Crippen LogP contribution >= 0.6 is 0 Å². The van der Waals surface area contributed by atoms with Gasteiger partial charge in [-0.25, -0.2) is 0 Å². The number of nitrogens with zero attached hydrogens (tertiary/aromatic N) is 5. The summed E-state index contributed by atoms with van der Waals surface area (Å²) in [6.07, 6.45) is 6.94. The predicted octanol–water partition coefficient (Wildman–Crippen LogP) is 2.49. The van der Waals surface area contributed by atoms with Crippen LogP contribution in [0.25, 0.3) is 11.0 Å². The molecule has 0 saturated heterocycles. The lowest BCUT2D eigenvalue weighted by Crippen LogP contribution is -2.59. The van der Waals surface area contributed by atoms with Crippen molar-refractivity contribution in [3.63, 3.8) is 0 Å². The van der Waals surface area contributed by atoms with Gasteiger partial charge in [0.1, 0.15) is 5.82 Å². The number of fused-ring (bicyclic) bond motifs is 1. The van der Waals surface area contributed by atoms with Crippen LogP contribution in [0.4, 0.5) is 17.6 Å². The molecule has 4 aliphatic carbocycles. The highest BCUT2D eigenvalue weighted by molar-refractivity contribution is 5.89. The number of H-pyrrole nitrogens is 1. The van der Waals surface area contributed by atoms with Gasteiger partial charge in [-0.1, -0.05) is 0 Å². The lowest BCUT2D eigenvalue weighted by Gasteiger charge is -2.58. The molecular weight excluding hydrogens is 368 g/mol. The molecule has 0 spiro atoms. The first-order valence-electron chi connectivity index (χ1n) is 10.4. The number of nitrogens with one attached hydrogen (secondary N) is 3. The zero-order valence-corrected chi connectivity index (χ0v) is 16.7. The standard InChI is InChI=1S/C20H26N8O/c1-10-3-15(27-26-10)22-17-14-9-21-28(2)18(14)25-19(24-17)23-16-12-4-11-5-13(16)8-20(29,6-11)7-12/h3,9,11-13,16,29H,4-8H2,1-2H3,(H3,22,23,24,25,26,27). The molecule has 4 fully saturated rings. The van der Waals surface area contributed by atoms with Gasteiger partial charge in [0.05, 0.1) is 17.2 Å². The van der Waals surface area contributed by atoms with Gasteiger partial charge in [0, 0.05) is 24.8 Å². The number of hydrogen-bond acceptors (Lipinski definition) is 7. The second-order valence-electron chi connectivity index (χ2n) is 9.33. The molecule has 0 radical (unpaired) electrons. The third kappa shape index (κ3) is 2.78. The molecule has 29 heavy (non-hydrogen) atoms. The van der Waals surface area contributed by atoms with Gasteiger partial charge in [-0.3, -0.25) is 9.78 Å². The van der Waals surface area contributed by atoms with Crippen molar-refractivity contribution < 1.29 is 5.11 Å². The van der Waals surface area contributed by atoms with E-state index in [9.17, 15) is 5.11 Å². The summed E-state index contributed by atoms with van der Waals surface area (Å²) < 4.78 is 1.77. The van der Waals surface area contributed by atoms with Crippen LogP contribution in [0.5, 0.6) is 0 Å². The Labute approximate surface area is 168 Å². The summed E-state index contributed by atoms with van der Waals surface area (Å²) >= 11 is 0. The summed E-state index contributed by atoms with van der Waals surface area (Å²) in [7, 11) is 1.89. The Morgan fingerprint density at radius 2 is 2.00 bits per heavy atom. The number of aromatic nitrogens is 6. The molecule has 3 aromatic rings.